The van der Waals surface area contributed by atoms with Crippen molar-refractivity contribution in [2.75, 3.05) is 26.2 Å². The van der Waals surface area contributed by atoms with Gasteiger partial charge in [0.25, 0.3) is 0 Å². The van der Waals surface area contributed by atoms with Crippen LogP contribution in [0.25, 0.3) is 10.9 Å². The molecule has 8 heteroatoms. The van der Waals surface area contributed by atoms with E-state index in [4.69, 9.17) is 0 Å². The number of piperidine rings is 1. The third-order valence-electron chi connectivity index (χ3n) is 8.86. The highest BCUT2D eigenvalue weighted by molar-refractivity contribution is 6.01. The van der Waals surface area contributed by atoms with Gasteiger partial charge in [0, 0.05) is 55.6 Å². The molecule has 5 atom stereocenters. The second kappa shape index (κ2) is 9.06. The summed E-state index contributed by atoms with van der Waals surface area (Å²) in [5, 5.41) is 15.2. The van der Waals surface area contributed by atoms with Gasteiger partial charge < -0.3 is 15.4 Å². The number of imide groups is 1. The monoisotopic (exact) mass is 478 g/mol. The van der Waals surface area contributed by atoms with Crippen LogP contribution in [0.1, 0.15) is 55.8 Å². The zero-order chi connectivity index (χ0) is 24.1. The zero-order valence-electron chi connectivity index (χ0n) is 20.0. The Morgan fingerprint density at radius 2 is 1.91 bits per heavy atom. The van der Waals surface area contributed by atoms with E-state index in [9.17, 15) is 19.5 Å². The Hall–Kier alpha value is -2.71. The van der Waals surface area contributed by atoms with Crippen molar-refractivity contribution in [1.82, 2.24) is 20.1 Å². The number of carbonyl (C=O) groups excluding carboxylic acids is 3. The van der Waals surface area contributed by atoms with Gasteiger partial charge in [-0.25, -0.2) is 0 Å². The Kier molecular flexibility index (Phi) is 5.89. The van der Waals surface area contributed by atoms with Gasteiger partial charge in [-0.1, -0.05) is 18.2 Å². The number of hydrogen-bond donors (Lipinski definition) is 3. The molecule has 4 aliphatic rings. The first kappa shape index (κ1) is 22.7. The number of aliphatic hydroxyl groups is 1. The molecule has 0 spiro atoms. The predicted molar refractivity (Wildman–Crippen MR) is 130 cm³/mol. The smallest absolute Gasteiger partial charge is 0.229 e. The van der Waals surface area contributed by atoms with Crippen molar-refractivity contribution in [3.8, 4) is 0 Å². The molecule has 0 bridgehead atoms. The molecule has 0 radical (unpaired) electrons. The number of H-pyrrole nitrogens is 1. The van der Waals surface area contributed by atoms with Crippen LogP contribution >= 0.6 is 0 Å². The highest BCUT2D eigenvalue weighted by atomic mass is 16.3. The van der Waals surface area contributed by atoms with Gasteiger partial charge in [0.2, 0.25) is 17.7 Å². The number of aromatic amines is 1. The maximum absolute atomic E-state index is 13.3. The molecule has 1 unspecified atom stereocenters. The lowest BCUT2D eigenvalue weighted by atomic mass is 9.64. The van der Waals surface area contributed by atoms with Crippen LogP contribution in [0.4, 0.5) is 0 Å². The Morgan fingerprint density at radius 3 is 2.74 bits per heavy atom. The first-order chi connectivity index (χ1) is 17.0. The molecule has 3 fully saturated rings. The largest absolute Gasteiger partial charge is 0.392 e. The average Bonchev–Trinajstić information content (AvgIpc) is 3.40. The minimum Gasteiger partial charge on any atom is -0.392 e. The van der Waals surface area contributed by atoms with Crippen molar-refractivity contribution in [2.24, 2.45) is 17.8 Å². The molecule has 1 aliphatic carbocycles. The van der Waals surface area contributed by atoms with Gasteiger partial charge in [-0.2, -0.15) is 0 Å². The number of carbonyl (C=O) groups is 3. The van der Waals surface area contributed by atoms with Crippen LogP contribution in [0.2, 0.25) is 0 Å². The number of likely N-dealkylation sites (tertiary alicyclic amines) is 1. The lowest BCUT2D eigenvalue weighted by Crippen LogP contribution is -2.55. The number of nitrogens with one attached hydrogen (secondary N) is 2. The highest BCUT2D eigenvalue weighted by Gasteiger charge is 2.49. The van der Waals surface area contributed by atoms with Crippen LogP contribution < -0.4 is 5.32 Å². The lowest BCUT2D eigenvalue weighted by molar-refractivity contribution is -0.139. The summed E-state index contributed by atoms with van der Waals surface area (Å²) in [7, 11) is 0. The van der Waals surface area contributed by atoms with Crippen LogP contribution in [0.15, 0.2) is 24.3 Å². The summed E-state index contributed by atoms with van der Waals surface area (Å²) in [5.41, 5.74) is 3.87. The van der Waals surface area contributed by atoms with Crippen LogP contribution in [-0.4, -0.2) is 69.9 Å². The second-order valence-corrected chi connectivity index (χ2v) is 10.7. The van der Waals surface area contributed by atoms with Crippen LogP contribution in [0.5, 0.6) is 0 Å². The van der Waals surface area contributed by atoms with Gasteiger partial charge in [0.05, 0.1) is 18.1 Å². The summed E-state index contributed by atoms with van der Waals surface area (Å²) >= 11 is 0. The number of aliphatic hydroxyl groups excluding tert-OH is 1. The van der Waals surface area contributed by atoms with E-state index in [0.29, 0.717) is 44.7 Å². The fourth-order valence-electron chi connectivity index (χ4n) is 7.14. The number of amides is 3. The topological polar surface area (TPSA) is 106 Å². The number of nitrogens with zero attached hydrogens (tertiary/aromatic N) is 2. The highest BCUT2D eigenvalue weighted by Crippen LogP contribution is 2.49. The molecule has 186 valence electrons. The van der Waals surface area contributed by atoms with Gasteiger partial charge in [-0.3, -0.25) is 24.2 Å². The number of benzene rings is 1. The van der Waals surface area contributed by atoms with Crippen molar-refractivity contribution in [3.63, 3.8) is 0 Å². The minimum atomic E-state index is -0.629. The quantitative estimate of drug-likeness (QED) is 0.451. The summed E-state index contributed by atoms with van der Waals surface area (Å²) in [4.78, 5) is 44.4. The van der Waals surface area contributed by atoms with Crippen molar-refractivity contribution in [1.29, 1.82) is 0 Å². The Labute approximate surface area is 205 Å². The summed E-state index contributed by atoms with van der Waals surface area (Å²) in [5.74, 6) is -0.201. The van der Waals surface area contributed by atoms with Crippen molar-refractivity contribution in [3.05, 3.63) is 35.5 Å². The first-order valence-corrected chi connectivity index (χ1v) is 13.1. The molecule has 4 heterocycles. The van der Waals surface area contributed by atoms with Crippen molar-refractivity contribution < 1.29 is 19.5 Å². The summed E-state index contributed by atoms with van der Waals surface area (Å²) < 4.78 is 0. The van der Waals surface area contributed by atoms with Crippen LogP contribution in [-0.2, 0) is 20.8 Å². The van der Waals surface area contributed by atoms with Gasteiger partial charge in [-0.05, 0) is 55.6 Å². The molecule has 1 aromatic heterocycles. The molecule has 1 saturated carbocycles. The van der Waals surface area contributed by atoms with E-state index in [1.165, 1.54) is 27.1 Å². The Morgan fingerprint density at radius 1 is 1.11 bits per heavy atom. The maximum atomic E-state index is 13.3. The molecule has 6 rings (SSSR count). The third-order valence-corrected chi connectivity index (χ3v) is 8.86. The molecule has 1 aromatic carbocycles. The molecule has 35 heavy (non-hydrogen) atoms. The van der Waals surface area contributed by atoms with E-state index in [1.54, 1.807) is 0 Å². The maximum Gasteiger partial charge on any atom is 0.229 e. The number of hydrogen-bond acceptors (Lipinski definition) is 5. The van der Waals surface area contributed by atoms with E-state index in [0.717, 1.165) is 32.4 Å². The van der Waals surface area contributed by atoms with Crippen LogP contribution in [0, 0.1) is 17.8 Å². The molecule has 3 N–H and O–H groups in total. The molecular weight excluding hydrogens is 444 g/mol. The van der Waals surface area contributed by atoms with E-state index >= 15 is 0 Å². The van der Waals surface area contributed by atoms with Gasteiger partial charge >= 0.3 is 0 Å². The van der Waals surface area contributed by atoms with E-state index < -0.39 is 12.0 Å². The molecule has 2 saturated heterocycles. The van der Waals surface area contributed by atoms with Gasteiger partial charge in [0.1, 0.15) is 0 Å². The summed E-state index contributed by atoms with van der Waals surface area (Å²) in [6, 6.07) is 8.73. The normalized spacial score (nSPS) is 30.8. The SMILES string of the molecule is O=C(NCCCN1C(=O)CCC1=O)C1[C@H]2C[C@H]3c4[nH]c5ccccc5c4CCN3C[C@@H]2CC[C@@H]1O. The van der Waals surface area contributed by atoms with Gasteiger partial charge in [-0.15, -0.1) is 0 Å². The van der Waals surface area contributed by atoms with E-state index in [-0.39, 0.29) is 29.7 Å². The minimum absolute atomic E-state index is 0.0904. The Balaban J connectivity index is 1.15. The number of para-hydroxylation sites is 1. The fourth-order valence-corrected chi connectivity index (χ4v) is 7.14. The Bertz CT molecular complexity index is 1140. The lowest BCUT2D eigenvalue weighted by Gasteiger charge is -2.51. The third kappa shape index (κ3) is 3.96. The summed E-state index contributed by atoms with van der Waals surface area (Å²) in [6.45, 7) is 2.76. The van der Waals surface area contributed by atoms with Gasteiger partial charge in [0.15, 0.2) is 0 Å². The second-order valence-electron chi connectivity index (χ2n) is 10.7. The molecule has 3 aliphatic heterocycles. The number of fused-ring (bicyclic) bond motifs is 6. The molecule has 3 amide bonds. The predicted octanol–water partition coefficient (Wildman–Crippen LogP) is 2.13. The van der Waals surface area contributed by atoms with E-state index in [1.807, 2.05) is 0 Å². The van der Waals surface area contributed by atoms with Crippen molar-refractivity contribution in [2.45, 2.75) is 57.1 Å². The summed E-state index contributed by atoms with van der Waals surface area (Å²) in [6.07, 6.45) is 4.02. The van der Waals surface area contributed by atoms with Crippen LogP contribution in [0.3, 0.4) is 0 Å². The first-order valence-electron chi connectivity index (χ1n) is 13.1. The standard InChI is InChI=1S/C27H34N4O4/c32-22-7-6-16-15-30-13-10-18-17-4-1-2-5-20(17)29-26(18)21(30)14-19(16)25(22)27(35)28-11-3-12-31-23(33)8-9-24(31)34/h1-2,4-5,16,19,21-22,25,29,32H,3,6-15H2,(H,28,35)/t16-,19-,21-,22-,25?/m0/s1. The molecule has 8 nitrogen and oxygen atoms in total. The fraction of sp³-hybridized carbons (Fsp3) is 0.593. The van der Waals surface area contributed by atoms with Crippen molar-refractivity contribution >= 4 is 28.6 Å². The zero-order valence-corrected chi connectivity index (χ0v) is 20.0. The number of aromatic nitrogens is 1. The molecular formula is C27H34N4O4. The molecule has 2 aromatic rings. The number of rotatable bonds is 5. The van der Waals surface area contributed by atoms with E-state index in [2.05, 4.69) is 39.5 Å². The average molecular weight is 479 g/mol.